The first-order valence-electron chi connectivity index (χ1n) is 7.43. The van der Waals surface area contributed by atoms with Gasteiger partial charge in [-0.05, 0) is 36.1 Å². The molecule has 0 saturated carbocycles. The molecule has 4 heteroatoms. The summed E-state index contributed by atoms with van der Waals surface area (Å²) in [6, 6.07) is 14.2. The van der Waals surface area contributed by atoms with Gasteiger partial charge in [-0.3, -0.25) is 20.6 Å². The van der Waals surface area contributed by atoms with E-state index in [9.17, 15) is 4.79 Å². The van der Waals surface area contributed by atoms with Crippen molar-refractivity contribution in [3.8, 4) is 11.1 Å². The van der Waals surface area contributed by atoms with Crippen molar-refractivity contribution < 1.29 is 4.79 Å². The van der Waals surface area contributed by atoms with Crippen LogP contribution in [0.2, 0.25) is 0 Å². The van der Waals surface area contributed by atoms with Gasteiger partial charge in [0.25, 0.3) is 5.91 Å². The minimum absolute atomic E-state index is 0.107. The predicted molar refractivity (Wildman–Crippen MR) is 85.7 cm³/mol. The zero-order valence-corrected chi connectivity index (χ0v) is 11.8. The number of hydrogen-bond acceptors (Lipinski definition) is 3. The third-order valence-electron chi connectivity index (χ3n) is 4.55. The van der Waals surface area contributed by atoms with Gasteiger partial charge >= 0.3 is 0 Å². The number of hydrazine groups is 1. The maximum Gasteiger partial charge on any atom is 0.270 e. The largest absolute Gasteiger partial charge is 0.297 e. The van der Waals surface area contributed by atoms with E-state index in [0.717, 1.165) is 40.7 Å². The molecule has 5 rings (SSSR count). The summed E-state index contributed by atoms with van der Waals surface area (Å²) in [6.45, 7) is 0. The summed E-state index contributed by atoms with van der Waals surface area (Å²) in [5, 5.41) is 0.918. The fourth-order valence-corrected chi connectivity index (χ4v) is 3.57. The van der Waals surface area contributed by atoms with E-state index >= 15 is 0 Å². The van der Waals surface area contributed by atoms with Crippen LogP contribution in [0.3, 0.4) is 0 Å². The molecule has 4 nitrogen and oxygen atoms in total. The van der Waals surface area contributed by atoms with Crippen LogP contribution in [0.1, 0.15) is 21.6 Å². The lowest BCUT2D eigenvalue weighted by molar-refractivity contribution is 0.0962. The number of rotatable bonds is 0. The van der Waals surface area contributed by atoms with Crippen LogP contribution in [-0.2, 0) is 12.8 Å². The smallest absolute Gasteiger partial charge is 0.270 e. The molecular formula is C18H13N3O. The standard InChI is InChI=1S/C18H13N3O/c22-18-12-6-3-7-13-16(12)17(20-21-18)15-11-5-2-1-4-10(11)8-9-14(15)19-13/h1-7,20H,8-9H2,(H,21,22). The highest BCUT2D eigenvalue weighted by Gasteiger charge is 2.27. The summed E-state index contributed by atoms with van der Waals surface area (Å²) >= 11 is 0. The highest BCUT2D eigenvalue weighted by molar-refractivity contribution is 6.16. The zero-order valence-electron chi connectivity index (χ0n) is 11.8. The molecule has 2 aliphatic rings. The molecule has 0 radical (unpaired) electrons. The molecule has 0 saturated heterocycles. The third-order valence-corrected chi connectivity index (χ3v) is 4.55. The first-order chi connectivity index (χ1) is 10.8. The number of nitrogens with one attached hydrogen (secondary N) is 2. The van der Waals surface area contributed by atoms with Gasteiger partial charge < -0.3 is 0 Å². The number of fused-ring (bicyclic) bond motifs is 4. The summed E-state index contributed by atoms with van der Waals surface area (Å²) in [5.74, 6) is -0.107. The first-order valence-corrected chi connectivity index (χ1v) is 7.43. The number of carbonyl (C=O) groups excluding carboxylic acids is 1. The van der Waals surface area contributed by atoms with E-state index in [1.807, 2.05) is 18.2 Å². The molecule has 106 valence electrons. The Balaban J connectivity index is 1.96. The van der Waals surface area contributed by atoms with Gasteiger partial charge in [-0.2, -0.15) is 0 Å². The number of nitrogens with zero attached hydrogens (tertiary/aromatic N) is 1. The molecule has 0 unspecified atom stereocenters. The Hall–Kier alpha value is -2.88. The second-order valence-corrected chi connectivity index (χ2v) is 5.74. The molecule has 0 fully saturated rings. The Bertz CT molecular complexity index is 962. The van der Waals surface area contributed by atoms with Crippen molar-refractivity contribution in [3.63, 3.8) is 0 Å². The number of aromatic nitrogens is 1. The lowest BCUT2D eigenvalue weighted by Crippen LogP contribution is -2.34. The summed E-state index contributed by atoms with van der Waals surface area (Å²) in [6.07, 6.45) is 1.93. The van der Waals surface area contributed by atoms with Gasteiger partial charge in [0.15, 0.2) is 0 Å². The van der Waals surface area contributed by atoms with E-state index in [1.165, 1.54) is 11.1 Å². The summed E-state index contributed by atoms with van der Waals surface area (Å²) in [5.41, 5.74) is 13.2. The summed E-state index contributed by atoms with van der Waals surface area (Å²) in [4.78, 5) is 16.9. The third kappa shape index (κ3) is 1.41. The van der Waals surface area contributed by atoms with Gasteiger partial charge in [-0.25, -0.2) is 0 Å². The van der Waals surface area contributed by atoms with E-state index in [-0.39, 0.29) is 5.91 Å². The maximum absolute atomic E-state index is 12.1. The van der Waals surface area contributed by atoms with Crippen molar-refractivity contribution in [1.82, 2.24) is 10.4 Å². The van der Waals surface area contributed by atoms with Crippen LogP contribution in [-0.4, -0.2) is 10.9 Å². The molecule has 1 aliphatic heterocycles. The van der Waals surface area contributed by atoms with E-state index < -0.39 is 0 Å². The van der Waals surface area contributed by atoms with E-state index in [0.29, 0.717) is 5.56 Å². The van der Waals surface area contributed by atoms with Crippen molar-refractivity contribution in [2.45, 2.75) is 12.8 Å². The van der Waals surface area contributed by atoms with Gasteiger partial charge in [-0.1, -0.05) is 30.3 Å². The highest BCUT2D eigenvalue weighted by atomic mass is 16.2. The molecule has 1 aromatic heterocycles. The number of hydrogen-bond donors (Lipinski definition) is 2. The molecule has 0 bridgehead atoms. The Morgan fingerprint density at radius 3 is 2.73 bits per heavy atom. The van der Waals surface area contributed by atoms with Crippen LogP contribution in [0.25, 0.3) is 22.0 Å². The van der Waals surface area contributed by atoms with Crippen molar-refractivity contribution in [1.29, 1.82) is 0 Å². The van der Waals surface area contributed by atoms with Crippen molar-refractivity contribution in [3.05, 3.63) is 59.3 Å². The van der Waals surface area contributed by atoms with E-state index in [1.54, 1.807) is 0 Å². The SMILES string of the molecule is O=C1NNc2c3c(nc4cccc1c24)CCc1ccccc1-3. The van der Waals surface area contributed by atoms with Crippen LogP contribution in [0.4, 0.5) is 5.69 Å². The van der Waals surface area contributed by atoms with Crippen LogP contribution in [0, 0.1) is 0 Å². The lowest BCUT2D eigenvalue weighted by Gasteiger charge is -2.27. The molecule has 1 aliphatic carbocycles. The number of amides is 1. The summed E-state index contributed by atoms with van der Waals surface area (Å²) < 4.78 is 0. The molecule has 3 aromatic rings. The molecule has 2 heterocycles. The predicted octanol–water partition coefficient (Wildman–Crippen LogP) is 3.07. The number of carbonyl (C=O) groups is 1. The summed E-state index contributed by atoms with van der Waals surface area (Å²) in [7, 11) is 0. The average Bonchev–Trinajstić information content (AvgIpc) is 2.57. The van der Waals surface area contributed by atoms with E-state index in [2.05, 4.69) is 35.1 Å². The van der Waals surface area contributed by atoms with Crippen molar-refractivity contribution in [2.24, 2.45) is 0 Å². The fourth-order valence-electron chi connectivity index (χ4n) is 3.57. The molecule has 22 heavy (non-hydrogen) atoms. The first kappa shape index (κ1) is 11.7. The van der Waals surface area contributed by atoms with E-state index in [4.69, 9.17) is 4.98 Å². The van der Waals surface area contributed by atoms with Crippen LogP contribution in [0.5, 0.6) is 0 Å². The normalized spacial score (nSPS) is 14.8. The zero-order chi connectivity index (χ0) is 14.7. The molecule has 2 N–H and O–H groups in total. The minimum Gasteiger partial charge on any atom is -0.297 e. The Kier molecular flexibility index (Phi) is 2.17. The van der Waals surface area contributed by atoms with Crippen LogP contribution >= 0.6 is 0 Å². The second-order valence-electron chi connectivity index (χ2n) is 5.74. The number of benzene rings is 2. The molecule has 0 spiro atoms. The van der Waals surface area contributed by atoms with Gasteiger partial charge in [0.05, 0.1) is 22.5 Å². The average molecular weight is 287 g/mol. The lowest BCUT2D eigenvalue weighted by atomic mass is 9.85. The second kappa shape index (κ2) is 4.07. The van der Waals surface area contributed by atoms with Crippen molar-refractivity contribution >= 4 is 22.5 Å². The maximum atomic E-state index is 12.1. The Labute approximate surface area is 127 Å². The van der Waals surface area contributed by atoms with Gasteiger partial charge in [0.2, 0.25) is 0 Å². The number of pyridine rings is 1. The number of anilines is 1. The van der Waals surface area contributed by atoms with Crippen molar-refractivity contribution in [2.75, 3.05) is 5.43 Å². The molecule has 0 atom stereocenters. The quantitative estimate of drug-likeness (QED) is 0.668. The minimum atomic E-state index is -0.107. The monoisotopic (exact) mass is 287 g/mol. The Morgan fingerprint density at radius 2 is 1.77 bits per heavy atom. The Morgan fingerprint density at radius 1 is 0.909 bits per heavy atom. The molecule has 2 aromatic carbocycles. The molecular weight excluding hydrogens is 274 g/mol. The number of aryl methyl sites for hydroxylation is 2. The van der Waals surface area contributed by atoms with Gasteiger partial charge in [0.1, 0.15) is 0 Å². The van der Waals surface area contributed by atoms with Gasteiger partial charge in [-0.15, -0.1) is 0 Å². The van der Waals surface area contributed by atoms with Gasteiger partial charge in [0, 0.05) is 10.9 Å². The van der Waals surface area contributed by atoms with Crippen LogP contribution < -0.4 is 10.9 Å². The fraction of sp³-hybridized carbons (Fsp3) is 0.111. The highest BCUT2D eigenvalue weighted by Crippen LogP contribution is 2.43. The molecule has 1 amide bonds. The topological polar surface area (TPSA) is 54.0 Å². The van der Waals surface area contributed by atoms with Crippen LogP contribution in [0.15, 0.2) is 42.5 Å².